The Kier molecular flexibility index (Phi) is 6.32. The number of aromatic nitrogens is 2. The van der Waals surface area contributed by atoms with Crippen LogP contribution in [-0.2, 0) is 6.54 Å². The van der Waals surface area contributed by atoms with Crippen molar-refractivity contribution in [1.82, 2.24) is 20.0 Å². The Morgan fingerprint density at radius 1 is 1.39 bits per heavy atom. The number of hydrogen-bond acceptors (Lipinski definition) is 3. The molecule has 0 spiro atoms. The average Bonchev–Trinajstić information content (AvgIpc) is 2.86. The van der Waals surface area contributed by atoms with Crippen LogP contribution in [0.25, 0.3) is 0 Å². The minimum absolute atomic E-state index is 0.171. The van der Waals surface area contributed by atoms with Gasteiger partial charge in [-0.3, -0.25) is 4.68 Å². The predicted octanol–water partition coefficient (Wildman–Crippen LogP) is 2.39. The van der Waals surface area contributed by atoms with Crippen molar-refractivity contribution in [3.8, 4) is 0 Å². The van der Waals surface area contributed by atoms with Gasteiger partial charge < -0.3 is 15.5 Å². The monoisotopic (exact) mass is 329 g/mol. The molecule has 1 heterocycles. The molecule has 0 atom stereocenters. The lowest BCUT2D eigenvalue weighted by Gasteiger charge is -2.30. The number of urea groups is 1. The first kappa shape index (κ1) is 17.7. The summed E-state index contributed by atoms with van der Waals surface area (Å²) in [6.07, 6.45) is 4.46. The zero-order chi connectivity index (χ0) is 16.8. The third-order valence-corrected chi connectivity index (χ3v) is 4.02. The number of nitrogens with one attached hydrogen (secondary N) is 2. The number of hydrogen-bond donors (Lipinski definition) is 2. The first-order valence-corrected chi connectivity index (χ1v) is 7.95. The molecule has 1 aromatic heterocycles. The summed E-state index contributed by atoms with van der Waals surface area (Å²) < 4.78 is 25.6. The molecule has 1 aromatic rings. The number of halogens is 2. The number of carbonyl (C=O) groups excluding carboxylic acids is 1. The topological polar surface area (TPSA) is 62.2 Å². The summed E-state index contributed by atoms with van der Waals surface area (Å²) in [6, 6.07) is -0.137. The highest BCUT2D eigenvalue weighted by molar-refractivity contribution is 5.89. The van der Waals surface area contributed by atoms with Gasteiger partial charge in [0.05, 0.1) is 11.9 Å². The van der Waals surface area contributed by atoms with Crippen LogP contribution in [0.2, 0.25) is 0 Å². The van der Waals surface area contributed by atoms with E-state index in [-0.39, 0.29) is 12.1 Å². The van der Waals surface area contributed by atoms with Gasteiger partial charge in [-0.15, -0.1) is 0 Å². The van der Waals surface area contributed by atoms with E-state index in [1.165, 1.54) is 12.4 Å². The van der Waals surface area contributed by atoms with Crippen LogP contribution in [0, 0.1) is 5.92 Å². The molecular weight excluding hydrogens is 304 g/mol. The van der Waals surface area contributed by atoms with E-state index in [4.69, 9.17) is 0 Å². The van der Waals surface area contributed by atoms with Gasteiger partial charge in [0, 0.05) is 18.8 Å². The van der Waals surface area contributed by atoms with E-state index >= 15 is 0 Å². The van der Waals surface area contributed by atoms with Crippen LogP contribution in [-0.4, -0.2) is 53.8 Å². The smallest absolute Gasteiger partial charge is 0.319 e. The minimum Gasteiger partial charge on any atom is -0.335 e. The van der Waals surface area contributed by atoms with Gasteiger partial charge in [-0.05, 0) is 45.7 Å². The quantitative estimate of drug-likeness (QED) is 0.842. The zero-order valence-electron chi connectivity index (χ0n) is 13.6. The summed E-state index contributed by atoms with van der Waals surface area (Å²) in [4.78, 5) is 14.2. The van der Waals surface area contributed by atoms with E-state index in [0.29, 0.717) is 11.6 Å². The van der Waals surface area contributed by atoms with E-state index in [1.54, 1.807) is 0 Å². The number of alkyl halides is 2. The Hall–Kier alpha value is -1.70. The van der Waals surface area contributed by atoms with E-state index in [9.17, 15) is 13.6 Å². The number of amides is 2. The van der Waals surface area contributed by atoms with Gasteiger partial charge in [0.15, 0.2) is 0 Å². The number of anilines is 1. The Morgan fingerprint density at radius 2 is 2.09 bits per heavy atom. The molecule has 0 aliphatic heterocycles. The highest BCUT2D eigenvalue weighted by Crippen LogP contribution is 2.24. The Balaban J connectivity index is 1.72. The lowest BCUT2D eigenvalue weighted by Crippen LogP contribution is -2.41. The highest BCUT2D eigenvalue weighted by atomic mass is 19.3. The minimum atomic E-state index is -2.46. The van der Waals surface area contributed by atoms with Crippen LogP contribution in [0.15, 0.2) is 12.4 Å². The fraction of sp³-hybridized carbons (Fsp3) is 0.733. The molecule has 8 heteroatoms. The summed E-state index contributed by atoms with van der Waals surface area (Å²) >= 11 is 0. The third kappa shape index (κ3) is 6.13. The molecule has 1 fully saturated rings. The van der Waals surface area contributed by atoms with Gasteiger partial charge in [0.2, 0.25) is 0 Å². The summed E-state index contributed by atoms with van der Waals surface area (Å²) in [5.41, 5.74) is 0.421. The number of nitrogens with zero attached hydrogens (tertiary/aromatic N) is 3. The lowest BCUT2D eigenvalue weighted by atomic mass is 9.86. The highest BCUT2D eigenvalue weighted by Gasteiger charge is 2.22. The van der Waals surface area contributed by atoms with Crippen LogP contribution in [0.1, 0.15) is 25.7 Å². The molecule has 0 radical (unpaired) electrons. The van der Waals surface area contributed by atoms with E-state index in [0.717, 1.165) is 36.9 Å². The Morgan fingerprint density at radius 3 is 2.70 bits per heavy atom. The molecule has 0 unspecified atom stereocenters. The molecule has 6 nitrogen and oxygen atoms in total. The molecule has 1 aliphatic carbocycles. The van der Waals surface area contributed by atoms with Crippen molar-refractivity contribution >= 4 is 11.7 Å². The largest absolute Gasteiger partial charge is 0.335 e. The normalized spacial score (nSPS) is 21.7. The van der Waals surface area contributed by atoms with Crippen molar-refractivity contribution in [3.05, 3.63) is 12.4 Å². The van der Waals surface area contributed by atoms with Crippen molar-refractivity contribution in [1.29, 1.82) is 0 Å². The lowest BCUT2D eigenvalue weighted by molar-refractivity contribution is 0.122. The summed E-state index contributed by atoms with van der Waals surface area (Å²) in [6.45, 7) is 0.613. The molecule has 0 bridgehead atoms. The van der Waals surface area contributed by atoms with E-state index in [2.05, 4.69) is 34.7 Å². The first-order valence-electron chi connectivity index (χ1n) is 7.95. The summed E-state index contributed by atoms with van der Waals surface area (Å²) in [7, 11) is 4.15. The molecule has 2 N–H and O–H groups in total. The van der Waals surface area contributed by atoms with Gasteiger partial charge in [0.1, 0.15) is 6.54 Å². The first-order chi connectivity index (χ1) is 10.9. The molecule has 0 aromatic carbocycles. The van der Waals surface area contributed by atoms with Crippen molar-refractivity contribution in [3.63, 3.8) is 0 Å². The van der Waals surface area contributed by atoms with Gasteiger partial charge in [-0.1, -0.05) is 0 Å². The number of carbonyl (C=O) groups is 1. The second-order valence-corrected chi connectivity index (χ2v) is 6.42. The van der Waals surface area contributed by atoms with Crippen molar-refractivity contribution < 1.29 is 13.6 Å². The van der Waals surface area contributed by atoms with Gasteiger partial charge >= 0.3 is 6.03 Å². The fourth-order valence-electron chi connectivity index (χ4n) is 3.03. The molecular formula is C15H25F2N5O. The standard InChI is InChI=1S/C15H25F2N5O/c1-21(2)8-11-3-5-12(6-4-11)19-15(23)20-13-7-18-22(9-13)10-14(16)17/h7,9,11-12,14H,3-6,8,10H2,1-2H3,(H2,19,20,23). The average molecular weight is 329 g/mol. The molecule has 0 saturated heterocycles. The summed E-state index contributed by atoms with van der Waals surface area (Å²) in [5, 5.41) is 9.37. The molecule has 2 rings (SSSR count). The second-order valence-electron chi connectivity index (χ2n) is 6.42. The fourth-order valence-corrected chi connectivity index (χ4v) is 3.03. The van der Waals surface area contributed by atoms with Crippen LogP contribution < -0.4 is 10.6 Å². The van der Waals surface area contributed by atoms with Crippen LogP contribution >= 0.6 is 0 Å². The molecule has 23 heavy (non-hydrogen) atoms. The molecule has 1 saturated carbocycles. The van der Waals surface area contributed by atoms with E-state index < -0.39 is 13.0 Å². The maximum absolute atomic E-state index is 12.2. The third-order valence-electron chi connectivity index (χ3n) is 4.02. The van der Waals surface area contributed by atoms with Gasteiger partial charge in [-0.2, -0.15) is 5.10 Å². The van der Waals surface area contributed by atoms with E-state index in [1.807, 2.05) is 0 Å². The maximum Gasteiger partial charge on any atom is 0.319 e. The molecule has 2 amide bonds. The van der Waals surface area contributed by atoms with Crippen molar-refractivity contribution in [2.24, 2.45) is 5.92 Å². The van der Waals surface area contributed by atoms with Crippen LogP contribution in [0.5, 0.6) is 0 Å². The van der Waals surface area contributed by atoms with Gasteiger partial charge in [0.25, 0.3) is 6.43 Å². The van der Waals surface area contributed by atoms with Crippen LogP contribution in [0.4, 0.5) is 19.3 Å². The summed E-state index contributed by atoms with van der Waals surface area (Å²) in [5.74, 6) is 0.693. The Labute approximate surface area is 135 Å². The van der Waals surface area contributed by atoms with Crippen molar-refractivity contribution in [2.75, 3.05) is 26.0 Å². The zero-order valence-corrected chi connectivity index (χ0v) is 13.6. The molecule has 130 valence electrons. The number of rotatable bonds is 6. The predicted molar refractivity (Wildman–Crippen MR) is 84.7 cm³/mol. The maximum atomic E-state index is 12.2. The second kappa shape index (κ2) is 8.24. The molecule has 1 aliphatic rings. The van der Waals surface area contributed by atoms with Gasteiger partial charge in [-0.25, -0.2) is 13.6 Å². The van der Waals surface area contributed by atoms with Crippen molar-refractivity contribution in [2.45, 2.75) is 44.7 Å². The SMILES string of the molecule is CN(C)CC1CCC(NC(=O)Nc2cnn(CC(F)F)c2)CC1. The Bertz CT molecular complexity index is 498. The van der Waals surface area contributed by atoms with Crippen LogP contribution in [0.3, 0.4) is 0 Å².